The number of piperidine rings is 1. The molecule has 106 valence electrons. The van der Waals surface area contributed by atoms with Gasteiger partial charge in [0.25, 0.3) is 0 Å². The van der Waals surface area contributed by atoms with Gasteiger partial charge in [-0.3, -0.25) is 4.79 Å². The predicted molar refractivity (Wildman–Crippen MR) is 74.5 cm³/mol. The summed E-state index contributed by atoms with van der Waals surface area (Å²) in [5.74, 6) is 0.0683. The maximum atomic E-state index is 12.1. The maximum absolute atomic E-state index is 12.1. The van der Waals surface area contributed by atoms with Gasteiger partial charge < -0.3 is 4.42 Å². The zero-order valence-electron chi connectivity index (χ0n) is 10.6. The lowest BCUT2D eigenvalue weighted by atomic mass is 9.92. The van der Waals surface area contributed by atoms with E-state index in [4.69, 9.17) is 4.42 Å². The Morgan fingerprint density at radius 2 is 2.32 bits per heavy atom. The fourth-order valence-electron chi connectivity index (χ4n) is 2.36. The number of carbonyl (C=O) groups is 1. The molecule has 1 unspecified atom stereocenters. The van der Waals surface area contributed by atoms with Crippen LogP contribution in [0.3, 0.4) is 0 Å². The van der Waals surface area contributed by atoms with Crippen LogP contribution in [0.15, 0.2) is 21.4 Å². The third kappa shape index (κ3) is 3.67. The predicted octanol–water partition coefficient (Wildman–Crippen LogP) is 2.29. The Morgan fingerprint density at radius 3 is 2.89 bits per heavy atom. The van der Waals surface area contributed by atoms with Gasteiger partial charge in [0.15, 0.2) is 10.5 Å². The molecule has 0 aromatic carbocycles. The minimum absolute atomic E-state index is 0.0130. The molecule has 1 aromatic rings. The van der Waals surface area contributed by atoms with Gasteiger partial charge >= 0.3 is 0 Å². The summed E-state index contributed by atoms with van der Waals surface area (Å²) in [5, 5.41) is 0. The van der Waals surface area contributed by atoms with Gasteiger partial charge in [-0.25, -0.2) is 12.7 Å². The van der Waals surface area contributed by atoms with E-state index in [1.165, 1.54) is 16.8 Å². The largest absolute Gasteiger partial charge is 0.457 e. The Kier molecular flexibility index (Phi) is 4.47. The Hall–Kier alpha value is -0.660. The first kappa shape index (κ1) is 14.7. The van der Waals surface area contributed by atoms with Crippen LogP contribution < -0.4 is 0 Å². The summed E-state index contributed by atoms with van der Waals surface area (Å²) in [6.45, 7) is 0.985. The van der Waals surface area contributed by atoms with Crippen molar-refractivity contribution in [3.05, 3.63) is 22.6 Å². The van der Waals surface area contributed by atoms with E-state index in [-0.39, 0.29) is 11.7 Å². The maximum Gasteiger partial charge on any atom is 0.211 e. The van der Waals surface area contributed by atoms with Crippen LogP contribution in [0.2, 0.25) is 0 Å². The van der Waals surface area contributed by atoms with Crippen LogP contribution >= 0.6 is 15.9 Å². The summed E-state index contributed by atoms with van der Waals surface area (Å²) in [7, 11) is -3.16. The van der Waals surface area contributed by atoms with E-state index in [9.17, 15) is 13.2 Å². The number of ketones is 1. The summed E-state index contributed by atoms with van der Waals surface area (Å²) in [5.41, 5.74) is 0.525. The monoisotopic (exact) mass is 349 g/mol. The van der Waals surface area contributed by atoms with E-state index in [1.54, 1.807) is 6.07 Å². The van der Waals surface area contributed by atoms with E-state index >= 15 is 0 Å². The lowest BCUT2D eigenvalue weighted by molar-refractivity contribution is 0.0940. The molecule has 1 aliphatic heterocycles. The fourth-order valence-corrected chi connectivity index (χ4v) is 3.76. The molecule has 0 bridgehead atoms. The molecule has 0 saturated carbocycles. The molecule has 1 aromatic heterocycles. The number of carbonyl (C=O) groups excluding carboxylic acids is 1. The normalized spacial score (nSPS) is 21.5. The zero-order valence-corrected chi connectivity index (χ0v) is 13.0. The van der Waals surface area contributed by atoms with E-state index in [2.05, 4.69) is 15.9 Å². The smallest absolute Gasteiger partial charge is 0.211 e. The molecule has 1 fully saturated rings. The highest BCUT2D eigenvalue weighted by Crippen LogP contribution is 2.25. The number of nitrogens with zero attached hydrogens (tertiary/aromatic N) is 1. The fraction of sp³-hybridized carbons (Fsp3) is 0.583. The molecule has 2 rings (SSSR count). The summed E-state index contributed by atoms with van der Waals surface area (Å²) in [6.07, 6.45) is 4.71. The van der Waals surface area contributed by atoms with Gasteiger partial charge in [-0.1, -0.05) is 0 Å². The average Bonchev–Trinajstić information content (AvgIpc) is 2.75. The quantitative estimate of drug-likeness (QED) is 0.782. The molecule has 1 aliphatic rings. The number of sulfonamides is 1. The Morgan fingerprint density at radius 1 is 1.58 bits per heavy atom. The molecule has 0 spiro atoms. The first-order valence-electron chi connectivity index (χ1n) is 6.09. The van der Waals surface area contributed by atoms with Crippen molar-refractivity contribution in [1.82, 2.24) is 4.31 Å². The number of furan rings is 1. The summed E-state index contributed by atoms with van der Waals surface area (Å²) >= 11 is 3.18. The van der Waals surface area contributed by atoms with Crippen LogP contribution in [-0.4, -0.2) is 37.9 Å². The van der Waals surface area contributed by atoms with Crippen LogP contribution in [0, 0.1) is 5.92 Å². The first-order chi connectivity index (χ1) is 8.88. The van der Waals surface area contributed by atoms with Crippen molar-refractivity contribution in [3.8, 4) is 0 Å². The van der Waals surface area contributed by atoms with Crippen molar-refractivity contribution in [2.45, 2.75) is 19.3 Å². The molecule has 0 aliphatic carbocycles. The lowest BCUT2D eigenvalue weighted by Gasteiger charge is -2.30. The van der Waals surface area contributed by atoms with E-state index < -0.39 is 10.0 Å². The molecule has 1 saturated heterocycles. The van der Waals surface area contributed by atoms with Crippen molar-refractivity contribution < 1.29 is 17.6 Å². The van der Waals surface area contributed by atoms with E-state index in [1.807, 2.05) is 0 Å². The number of hydrogen-bond donors (Lipinski definition) is 0. The van der Waals surface area contributed by atoms with Gasteiger partial charge in [0.1, 0.15) is 0 Å². The third-order valence-electron chi connectivity index (χ3n) is 3.34. The van der Waals surface area contributed by atoms with Gasteiger partial charge in [0.2, 0.25) is 10.0 Å². The second-order valence-corrected chi connectivity index (χ2v) is 7.57. The van der Waals surface area contributed by atoms with Gasteiger partial charge in [-0.15, -0.1) is 0 Å². The molecule has 7 heteroatoms. The van der Waals surface area contributed by atoms with Gasteiger partial charge in [-0.05, 0) is 40.8 Å². The number of hydrogen-bond acceptors (Lipinski definition) is 4. The standard InChI is InChI=1S/C12H16BrNO4S/c1-19(16,17)14-5-2-3-9(8-14)7-11(15)10-4-6-18-12(10)13/h4,6,9H,2-3,5,7-8H2,1H3. The molecule has 2 heterocycles. The minimum Gasteiger partial charge on any atom is -0.457 e. The van der Waals surface area contributed by atoms with Crippen LogP contribution in [-0.2, 0) is 10.0 Å². The van der Waals surface area contributed by atoms with Crippen LogP contribution in [0.25, 0.3) is 0 Å². The van der Waals surface area contributed by atoms with Crippen molar-refractivity contribution in [3.63, 3.8) is 0 Å². The van der Waals surface area contributed by atoms with Crippen molar-refractivity contribution in [2.75, 3.05) is 19.3 Å². The second-order valence-electron chi connectivity index (χ2n) is 4.86. The molecule has 19 heavy (non-hydrogen) atoms. The topological polar surface area (TPSA) is 67.6 Å². The second kappa shape index (κ2) is 5.76. The molecule has 0 amide bonds. The number of rotatable bonds is 4. The van der Waals surface area contributed by atoms with Crippen molar-refractivity contribution in [2.24, 2.45) is 5.92 Å². The Bertz CT molecular complexity index is 566. The van der Waals surface area contributed by atoms with Crippen LogP contribution in [0.4, 0.5) is 0 Å². The van der Waals surface area contributed by atoms with E-state index in [0.717, 1.165) is 12.8 Å². The third-order valence-corrected chi connectivity index (χ3v) is 5.23. The summed E-state index contributed by atoms with van der Waals surface area (Å²) < 4.78 is 30.0. The number of halogens is 1. The molecule has 5 nitrogen and oxygen atoms in total. The first-order valence-corrected chi connectivity index (χ1v) is 8.73. The highest BCUT2D eigenvalue weighted by molar-refractivity contribution is 9.10. The van der Waals surface area contributed by atoms with E-state index in [0.29, 0.717) is 29.7 Å². The Labute approximate surface area is 121 Å². The van der Waals surface area contributed by atoms with Gasteiger partial charge in [0.05, 0.1) is 18.1 Å². The van der Waals surface area contributed by atoms with Crippen LogP contribution in [0.5, 0.6) is 0 Å². The average molecular weight is 350 g/mol. The SMILES string of the molecule is CS(=O)(=O)N1CCCC(CC(=O)c2ccoc2Br)C1. The highest BCUT2D eigenvalue weighted by Gasteiger charge is 2.28. The number of Topliss-reactive ketones (excluding diaryl/α,β-unsaturated/α-hetero) is 1. The summed E-state index contributed by atoms with van der Waals surface area (Å²) in [4.78, 5) is 12.1. The van der Waals surface area contributed by atoms with Gasteiger partial charge in [-0.2, -0.15) is 0 Å². The molecular weight excluding hydrogens is 334 g/mol. The Balaban J connectivity index is 2.00. The van der Waals surface area contributed by atoms with Crippen molar-refractivity contribution in [1.29, 1.82) is 0 Å². The molecule has 0 radical (unpaired) electrons. The van der Waals surface area contributed by atoms with Crippen LogP contribution in [0.1, 0.15) is 29.6 Å². The highest BCUT2D eigenvalue weighted by atomic mass is 79.9. The van der Waals surface area contributed by atoms with Gasteiger partial charge in [0, 0.05) is 19.5 Å². The van der Waals surface area contributed by atoms with Crippen molar-refractivity contribution >= 4 is 31.7 Å². The molecular formula is C12H16BrNO4S. The lowest BCUT2D eigenvalue weighted by Crippen LogP contribution is -2.39. The molecule has 0 N–H and O–H groups in total. The minimum atomic E-state index is -3.16. The summed E-state index contributed by atoms with van der Waals surface area (Å²) in [6, 6.07) is 1.63. The zero-order chi connectivity index (χ0) is 14.0. The molecule has 1 atom stereocenters.